The van der Waals surface area contributed by atoms with Crippen LogP contribution in [0.4, 0.5) is 5.69 Å². The molecule has 1 aromatic heterocycles. The zero-order chi connectivity index (χ0) is 16.5. The predicted molar refractivity (Wildman–Crippen MR) is 89.6 cm³/mol. The first kappa shape index (κ1) is 17.4. The maximum absolute atomic E-state index is 12.5. The smallest absolute Gasteiger partial charge is 0.253 e. The minimum absolute atomic E-state index is 0.0151. The Hall–Kier alpha value is -1.95. The molecule has 122 valence electrons. The minimum Gasteiger partial charge on any atom is -0.382 e. The van der Waals surface area contributed by atoms with E-state index in [-0.39, 0.29) is 12.5 Å². The van der Waals surface area contributed by atoms with Gasteiger partial charge in [-0.05, 0) is 36.4 Å². The zero-order valence-corrected chi connectivity index (χ0v) is 13.7. The number of hydrogen-bond acceptors (Lipinski definition) is 4. The van der Waals surface area contributed by atoms with Crippen LogP contribution >= 0.6 is 11.6 Å². The van der Waals surface area contributed by atoms with Crippen molar-refractivity contribution in [2.45, 2.75) is 6.54 Å². The average molecular weight is 335 g/mol. The normalized spacial score (nSPS) is 10.5. The number of anilines is 1. The topological polar surface area (TPSA) is 51.7 Å². The Morgan fingerprint density at radius 2 is 1.96 bits per heavy atom. The van der Waals surface area contributed by atoms with Crippen molar-refractivity contribution < 1.29 is 14.3 Å². The minimum atomic E-state index is -0.144. The third kappa shape index (κ3) is 5.63. The predicted octanol–water partition coefficient (Wildman–Crippen LogP) is 2.93. The molecule has 1 aromatic carbocycles. The first-order valence-electron chi connectivity index (χ1n) is 7.23. The van der Waals surface area contributed by atoms with Crippen molar-refractivity contribution in [1.29, 1.82) is 0 Å². The van der Waals surface area contributed by atoms with Crippen LogP contribution in [-0.2, 0) is 20.8 Å². The lowest BCUT2D eigenvalue weighted by Crippen LogP contribution is -2.34. The number of pyridine rings is 1. The fraction of sp³-hybridized carbons (Fsp3) is 0.294. The van der Waals surface area contributed by atoms with E-state index in [2.05, 4.69) is 4.98 Å². The highest BCUT2D eigenvalue weighted by molar-refractivity contribution is 6.30. The van der Waals surface area contributed by atoms with Gasteiger partial charge in [-0.15, -0.1) is 0 Å². The van der Waals surface area contributed by atoms with Crippen molar-refractivity contribution in [2.24, 2.45) is 0 Å². The van der Waals surface area contributed by atoms with E-state index in [0.717, 1.165) is 11.4 Å². The van der Waals surface area contributed by atoms with Crippen LogP contribution in [0.2, 0.25) is 5.02 Å². The number of halogens is 1. The molecular formula is C17H19ClN2O3. The quantitative estimate of drug-likeness (QED) is 0.696. The number of carbonyl (C=O) groups excluding carboxylic acids is 1. The first-order chi connectivity index (χ1) is 11.2. The van der Waals surface area contributed by atoms with E-state index in [1.165, 1.54) is 0 Å². The van der Waals surface area contributed by atoms with Gasteiger partial charge in [0.25, 0.3) is 5.91 Å². The molecule has 2 aromatic rings. The van der Waals surface area contributed by atoms with Crippen molar-refractivity contribution in [1.82, 2.24) is 4.98 Å². The molecule has 0 atom stereocenters. The number of aromatic nitrogens is 1. The molecule has 0 aliphatic rings. The zero-order valence-electron chi connectivity index (χ0n) is 12.9. The van der Waals surface area contributed by atoms with Gasteiger partial charge in [0, 0.05) is 24.0 Å². The summed E-state index contributed by atoms with van der Waals surface area (Å²) in [6.45, 7) is 1.18. The van der Waals surface area contributed by atoms with Crippen LogP contribution in [0.25, 0.3) is 0 Å². The van der Waals surface area contributed by atoms with Crippen molar-refractivity contribution in [3.8, 4) is 0 Å². The third-order valence-electron chi connectivity index (χ3n) is 3.14. The summed E-state index contributed by atoms with van der Waals surface area (Å²) in [5, 5.41) is 0.621. The van der Waals surface area contributed by atoms with Gasteiger partial charge in [0.2, 0.25) is 0 Å². The standard InChI is InChI=1S/C17H19ClN2O3/c1-22-10-11-23-13-17(21)20(12-15-4-2-3-9-19-15)16-7-5-14(18)6-8-16/h2-9H,10-13H2,1H3. The monoisotopic (exact) mass is 334 g/mol. The van der Waals surface area contributed by atoms with Gasteiger partial charge in [-0.3, -0.25) is 9.78 Å². The van der Waals surface area contributed by atoms with Gasteiger partial charge in [-0.2, -0.15) is 0 Å². The first-order valence-corrected chi connectivity index (χ1v) is 7.61. The lowest BCUT2D eigenvalue weighted by atomic mass is 10.2. The molecule has 0 spiro atoms. The SMILES string of the molecule is COCCOCC(=O)N(Cc1ccccn1)c1ccc(Cl)cc1. The van der Waals surface area contributed by atoms with Gasteiger partial charge in [0.1, 0.15) is 6.61 Å². The fourth-order valence-electron chi connectivity index (χ4n) is 1.98. The number of nitrogens with zero attached hydrogens (tertiary/aromatic N) is 2. The number of methoxy groups -OCH3 is 1. The molecule has 0 saturated heterocycles. The highest BCUT2D eigenvalue weighted by Gasteiger charge is 2.17. The van der Waals surface area contributed by atoms with Crippen LogP contribution < -0.4 is 4.90 Å². The van der Waals surface area contributed by atoms with Crippen LogP contribution in [0.3, 0.4) is 0 Å². The van der Waals surface area contributed by atoms with Crippen molar-refractivity contribution in [2.75, 3.05) is 31.8 Å². The number of amides is 1. The van der Waals surface area contributed by atoms with Crippen LogP contribution in [0.1, 0.15) is 5.69 Å². The number of ether oxygens (including phenoxy) is 2. The summed E-state index contributed by atoms with van der Waals surface area (Å²) in [6.07, 6.45) is 1.70. The van der Waals surface area contributed by atoms with E-state index in [0.29, 0.717) is 24.8 Å². The summed E-state index contributed by atoms with van der Waals surface area (Å²) in [4.78, 5) is 18.4. The maximum atomic E-state index is 12.5. The highest BCUT2D eigenvalue weighted by atomic mass is 35.5. The van der Waals surface area contributed by atoms with Crippen LogP contribution in [0, 0.1) is 0 Å². The molecule has 0 N–H and O–H groups in total. The van der Waals surface area contributed by atoms with Crippen LogP contribution in [0.15, 0.2) is 48.7 Å². The molecule has 1 amide bonds. The summed E-state index contributed by atoms with van der Waals surface area (Å²) < 4.78 is 10.2. The summed E-state index contributed by atoms with van der Waals surface area (Å²) in [6, 6.07) is 12.7. The van der Waals surface area contributed by atoms with Gasteiger partial charge >= 0.3 is 0 Å². The summed E-state index contributed by atoms with van der Waals surface area (Å²) in [5.74, 6) is -0.144. The van der Waals surface area contributed by atoms with Gasteiger partial charge in [0.15, 0.2) is 0 Å². The van der Waals surface area contributed by atoms with Gasteiger partial charge in [-0.1, -0.05) is 17.7 Å². The Bertz CT molecular complexity index is 605. The van der Waals surface area contributed by atoms with E-state index in [4.69, 9.17) is 21.1 Å². The fourth-order valence-corrected chi connectivity index (χ4v) is 2.10. The molecule has 0 saturated carbocycles. The maximum Gasteiger partial charge on any atom is 0.253 e. The molecule has 6 heteroatoms. The van der Waals surface area contributed by atoms with E-state index < -0.39 is 0 Å². The molecule has 0 radical (unpaired) electrons. The van der Waals surface area contributed by atoms with E-state index in [9.17, 15) is 4.79 Å². The molecule has 0 aliphatic carbocycles. The third-order valence-corrected chi connectivity index (χ3v) is 3.39. The van der Waals surface area contributed by atoms with Crippen molar-refractivity contribution in [3.05, 3.63) is 59.4 Å². The van der Waals surface area contributed by atoms with Crippen LogP contribution in [0.5, 0.6) is 0 Å². The van der Waals surface area contributed by atoms with E-state index in [1.807, 2.05) is 18.2 Å². The number of rotatable bonds is 8. The van der Waals surface area contributed by atoms with Crippen LogP contribution in [-0.4, -0.2) is 37.8 Å². The molecular weight excluding hydrogens is 316 g/mol. The number of benzene rings is 1. The van der Waals surface area contributed by atoms with Gasteiger partial charge < -0.3 is 14.4 Å². The Labute approximate surface area is 140 Å². The largest absolute Gasteiger partial charge is 0.382 e. The Kier molecular flexibility index (Phi) is 7.00. The lowest BCUT2D eigenvalue weighted by molar-refractivity contribution is -0.123. The average Bonchev–Trinajstić information content (AvgIpc) is 2.58. The van der Waals surface area contributed by atoms with Crippen molar-refractivity contribution in [3.63, 3.8) is 0 Å². The molecule has 0 unspecified atom stereocenters. The molecule has 23 heavy (non-hydrogen) atoms. The number of hydrogen-bond donors (Lipinski definition) is 0. The molecule has 0 aliphatic heterocycles. The Morgan fingerprint density at radius 1 is 1.17 bits per heavy atom. The Balaban J connectivity index is 2.10. The summed E-state index contributed by atoms with van der Waals surface area (Å²) >= 11 is 5.92. The van der Waals surface area contributed by atoms with Gasteiger partial charge in [-0.25, -0.2) is 0 Å². The van der Waals surface area contributed by atoms with Gasteiger partial charge in [0.05, 0.1) is 25.5 Å². The second-order valence-electron chi connectivity index (χ2n) is 4.82. The number of carbonyl (C=O) groups is 1. The second kappa shape index (κ2) is 9.25. The lowest BCUT2D eigenvalue weighted by Gasteiger charge is -2.22. The Morgan fingerprint density at radius 3 is 2.61 bits per heavy atom. The summed E-state index contributed by atoms with van der Waals surface area (Å²) in [7, 11) is 1.59. The van der Waals surface area contributed by atoms with E-state index in [1.54, 1.807) is 42.5 Å². The van der Waals surface area contributed by atoms with Crippen molar-refractivity contribution >= 4 is 23.2 Å². The molecule has 1 heterocycles. The second-order valence-corrected chi connectivity index (χ2v) is 5.26. The van der Waals surface area contributed by atoms with E-state index >= 15 is 0 Å². The highest BCUT2D eigenvalue weighted by Crippen LogP contribution is 2.20. The molecule has 5 nitrogen and oxygen atoms in total. The molecule has 2 rings (SSSR count). The molecule has 0 fully saturated rings. The summed E-state index contributed by atoms with van der Waals surface area (Å²) in [5.41, 5.74) is 1.55. The molecule has 0 bridgehead atoms.